The van der Waals surface area contributed by atoms with Crippen molar-refractivity contribution in [2.24, 2.45) is 0 Å². The van der Waals surface area contributed by atoms with Crippen LogP contribution >= 0.6 is 0 Å². The standard InChI is InChI=1S/C9H11N3O4/c1-10-6-4-7(11-2)8(12(15)16)3-5(6)9(13)14/h3-4,10-11H,1-2H3,(H,13,14). The molecule has 0 aromatic heterocycles. The molecule has 0 atom stereocenters. The van der Waals surface area contributed by atoms with E-state index in [1.165, 1.54) is 13.1 Å². The molecule has 0 saturated carbocycles. The summed E-state index contributed by atoms with van der Waals surface area (Å²) in [5.74, 6) is -1.21. The molecule has 0 saturated heterocycles. The smallest absolute Gasteiger partial charge is 0.338 e. The molecule has 0 spiro atoms. The molecule has 86 valence electrons. The number of anilines is 2. The molecule has 1 aromatic rings. The first kappa shape index (κ1) is 11.8. The number of hydrogen-bond donors (Lipinski definition) is 3. The Bertz CT molecular complexity index is 407. The summed E-state index contributed by atoms with van der Waals surface area (Å²) in [5, 5.41) is 24.9. The lowest BCUT2D eigenvalue weighted by Crippen LogP contribution is -2.06. The fourth-order valence-corrected chi connectivity index (χ4v) is 1.32. The van der Waals surface area contributed by atoms with Gasteiger partial charge in [0.05, 0.1) is 16.2 Å². The number of benzene rings is 1. The van der Waals surface area contributed by atoms with Gasteiger partial charge in [-0.15, -0.1) is 0 Å². The maximum absolute atomic E-state index is 10.9. The Balaban J connectivity index is 3.46. The van der Waals surface area contributed by atoms with Gasteiger partial charge < -0.3 is 15.7 Å². The van der Waals surface area contributed by atoms with Crippen LogP contribution in [-0.2, 0) is 0 Å². The fourth-order valence-electron chi connectivity index (χ4n) is 1.32. The van der Waals surface area contributed by atoms with Crippen LogP contribution in [0.2, 0.25) is 0 Å². The van der Waals surface area contributed by atoms with Crippen molar-refractivity contribution in [2.45, 2.75) is 0 Å². The molecule has 3 N–H and O–H groups in total. The Morgan fingerprint density at radius 2 is 1.88 bits per heavy atom. The van der Waals surface area contributed by atoms with E-state index in [4.69, 9.17) is 5.11 Å². The quantitative estimate of drug-likeness (QED) is 0.528. The molecule has 0 bridgehead atoms. The normalized spacial score (nSPS) is 9.62. The molecule has 0 unspecified atom stereocenters. The van der Waals surface area contributed by atoms with E-state index >= 15 is 0 Å². The number of carbonyl (C=O) groups is 1. The Hall–Kier alpha value is -2.31. The van der Waals surface area contributed by atoms with E-state index in [1.807, 2.05) is 0 Å². The molecule has 1 aromatic carbocycles. The molecule has 7 nitrogen and oxygen atoms in total. The molecular formula is C9H11N3O4. The molecule has 0 aliphatic heterocycles. The Morgan fingerprint density at radius 1 is 1.31 bits per heavy atom. The van der Waals surface area contributed by atoms with Gasteiger partial charge in [-0.25, -0.2) is 4.79 Å². The number of nitrogens with zero attached hydrogens (tertiary/aromatic N) is 1. The summed E-state index contributed by atoms with van der Waals surface area (Å²) in [6, 6.07) is 2.42. The van der Waals surface area contributed by atoms with Crippen LogP contribution in [0, 0.1) is 10.1 Å². The number of nitro groups is 1. The maximum atomic E-state index is 10.9. The van der Waals surface area contributed by atoms with Crippen LogP contribution in [0.5, 0.6) is 0 Å². The summed E-state index contributed by atoms with van der Waals surface area (Å²) in [5.41, 5.74) is 0.189. The van der Waals surface area contributed by atoms with Crippen molar-refractivity contribution in [3.05, 3.63) is 27.8 Å². The highest BCUT2D eigenvalue weighted by molar-refractivity contribution is 5.96. The van der Waals surface area contributed by atoms with Crippen molar-refractivity contribution in [2.75, 3.05) is 24.7 Å². The van der Waals surface area contributed by atoms with Gasteiger partial charge >= 0.3 is 5.97 Å². The van der Waals surface area contributed by atoms with Crippen LogP contribution in [0.4, 0.5) is 17.1 Å². The average molecular weight is 225 g/mol. The number of hydrogen-bond acceptors (Lipinski definition) is 5. The van der Waals surface area contributed by atoms with Crippen molar-refractivity contribution < 1.29 is 14.8 Å². The first-order valence-corrected chi connectivity index (χ1v) is 4.42. The number of nitrogens with one attached hydrogen (secondary N) is 2. The van der Waals surface area contributed by atoms with Crippen LogP contribution in [0.3, 0.4) is 0 Å². The van der Waals surface area contributed by atoms with E-state index in [0.29, 0.717) is 5.69 Å². The van der Waals surface area contributed by atoms with Gasteiger partial charge in [0.1, 0.15) is 5.69 Å². The van der Waals surface area contributed by atoms with Crippen LogP contribution < -0.4 is 10.6 Å². The summed E-state index contributed by atoms with van der Waals surface area (Å²) < 4.78 is 0. The second-order valence-corrected chi connectivity index (χ2v) is 2.98. The van der Waals surface area contributed by atoms with E-state index < -0.39 is 10.9 Å². The molecule has 1 rings (SSSR count). The van der Waals surface area contributed by atoms with Crippen molar-refractivity contribution in [3.8, 4) is 0 Å². The van der Waals surface area contributed by atoms with Gasteiger partial charge in [-0.1, -0.05) is 0 Å². The van der Waals surface area contributed by atoms with Crippen molar-refractivity contribution in [1.29, 1.82) is 0 Å². The Kier molecular flexibility index (Phi) is 3.29. The zero-order valence-corrected chi connectivity index (χ0v) is 8.77. The van der Waals surface area contributed by atoms with E-state index in [9.17, 15) is 14.9 Å². The van der Waals surface area contributed by atoms with Gasteiger partial charge in [-0.3, -0.25) is 10.1 Å². The summed E-state index contributed by atoms with van der Waals surface area (Å²) in [6.45, 7) is 0. The highest BCUT2D eigenvalue weighted by Crippen LogP contribution is 2.30. The van der Waals surface area contributed by atoms with E-state index in [1.54, 1.807) is 7.05 Å². The fraction of sp³-hybridized carbons (Fsp3) is 0.222. The largest absolute Gasteiger partial charge is 0.478 e. The van der Waals surface area contributed by atoms with Gasteiger partial charge in [0, 0.05) is 20.2 Å². The molecule has 0 aliphatic carbocycles. The summed E-state index contributed by atoms with van der Waals surface area (Å²) in [7, 11) is 3.08. The highest BCUT2D eigenvalue weighted by Gasteiger charge is 2.20. The van der Waals surface area contributed by atoms with Crippen LogP contribution in [0.25, 0.3) is 0 Å². The third-order valence-electron chi connectivity index (χ3n) is 2.10. The predicted octanol–water partition coefficient (Wildman–Crippen LogP) is 1.38. The molecule has 7 heteroatoms. The third kappa shape index (κ3) is 2.02. The van der Waals surface area contributed by atoms with Crippen LogP contribution in [0.15, 0.2) is 12.1 Å². The second kappa shape index (κ2) is 4.47. The lowest BCUT2D eigenvalue weighted by atomic mass is 10.1. The van der Waals surface area contributed by atoms with E-state index in [0.717, 1.165) is 6.07 Å². The Labute approximate surface area is 91.2 Å². The van der Waals surface area contributed by atoms with Crippen molar-refractivity contribution >= 4 is 23.0 Å². The highest BCUT2D eigenvalue weighted by atomic mass is 16.6. The monoisotopic (exact) mass is 225 g/mol. The van der Waals surface area contributed by atoms with E-state index in [-0.39, 0.29) is 16.9 Å². The van der Waals surface area contributed by atoms with Crippen molar-refractivity contribution in [1.82, 2.24) is 0 Å². The minimum absolute atomic E-state index is 0.131. The molecule has 0 heterocycles. The molecule has 0 fully saturated rings. The minimum Gasteiger partial charge on any atom is -0.478 e. The third-order valence-corrected chi connectivity index (χ3v) is 2.10. The van der Waals surface area contributed by atoms with Crippen LogP contribution in [-0.4, -0.2) is 30.1 Å². The minimum atomic E-state index is -1.21. The topological polar surface area (TPSA) is 105 Å². The SMILES string of the molecule is CNc1cc(NC)c([N+](=O)[O-])cc1C(=O)O. The first-order valence-electron chi connectivity index (χ1n) is 4.42. The van der Waals surface area contributed by atoms with Gasteiger partial charge in [0.25, 0.3) is 5.69 Å². The number of rotatable bonds is 4. The zero-order valence-electron chi connectivity index (χ0n) is 8.77. The Morgan fingerprint density at radius 3 is 2.25 bits per heavy atom. The number of carboxylic acids is 1. The van der Waals surface area contributed by atoms with Gasteiger partial charge in [-0.2, -0.15) is 0 Å². The summed E-state index contributed by atoms with van der Waals surface area (Å²) >= 11 is 0. The first-order chi connectivity index (χ1) is 7.51. The lowest BCUT2D eigenvalue weighted by Gasteiger charge is -2.08. The number of carboxylic acid groups (broad SMARTS) is 1. The zero-order chi connectivity index (χ0) is 12.3. The molecule has 0 aliphatic rings. The number of aromatic carboxylic acids is 1. The van der Waals surface area contributed by atoms with E-state index in [2.05, 4.69) is 10.6 Å². The second-order valence-electron chi connectivity index (χ2n) is 2.98. The van der Waals surface area contributed by atoms with Gasteiger partial charge in [0.15, 0.2) is 0 Å². The summed E-state index contributed by atoms with van der Waals surface area (Å²) in [6.07, 6.45) is 0. The summed E-state index contributed by atoms with van der Waals surface area (Å²) in [4.78, 5) is 21.0. The maximum Gasteiger partial charge on any atom is 0.338 e. The van der Waals surface area contributed by atoms with Gasteiger partial charge in [-0.05, 0) is 6.07 Å². The molecule has 0 amide bonds. The average Bonchev–Trinajstić information content (AvgIpc) is 2.26. The molecule has 0 radical (unpaired) electrons. The lowest BCUT2D eigenvalue weighted by molar-refractivity contribution is -0.384. The molecule has 16 heavy (non-hydrogen) atoms. The molecular weight excluding hydrogens is 214 g/mol. The van der Waals surface area contributed by atoms with Crippen molar-refractivity contribution in [3.63, 3.8) is 0 Å². The number of nitro benzene ring substituents is 1. The predicted molar refractivity (Wildman–Crippen MR) is 59.1 cm³/mol. The van der Waals surface area contributed by atoms with Crippen LogP contribution in [0.1, 0.15) is 10.4 Å². The van der Waals surface area contributed by atoms with Gasteiger partial charge in [0.2, 0.25) is 0 Å².